The van der Waals surface area contributed by atoms with E-state index in [2.05, 4.69) is 42.8 Å². The number of rotatable bonds is 4. The van der Waals surface area contributed by atoms with E-state index in [1.807, 2.05) is 6.08 Å². The number of hydrogen-bond donors (Lipinski definition) is 0. The molecule has 0 N–H and O–H groups in total. The third kappa shape index (κ3) is 4.98. The van der Waals surface area contributed by atoms with Gasteiger partial charge in [0.25, 0.3) is 0 Å². The number of carbonyl (C=O) groups excluding carboxylic acids is 1. The number of hydrogen-bond acceptors (Lipinski definition) is 2. The van der Waals surface area contributed by atoms with E-state index in [1.54, 1.807) is 6.92 Å². The highest BCUT2D eigenvalue weighted by atomic mass is 79.9. The largest absolute Gasteiger partial charge is 0.463 e. The zero-order chi connectivity index (χ0) is 14.5. The number of carbonyl (C=O) groups is 1. The van der Waals surface area contributed by atoms with Gasteiger partial charge in [-0.05, 0) is 50.2 Å². The van der Waals surface area contributed by atoms with E-state index in [0.29, 0.717) is 6.61 Å². The predicted molar refractivity (Wildman–Crippen MR) is 83.1 cm³/mol. The van der Waals surface area contributed by atoms with Crippen LogP contribution in [0.3, 0.4) is 0 Å². The van der Waals surface area contributed by atoms with Crippen molar-refractivity contribution < 1.29 is 9.53 Å². The average molecular weight is 327 g/mol. The summed E-state index contributed by atoms with van der Waals surface area (Å²) in [6, 6.07) is 0. The maximum Gasteiger partial charge on any atom is 0.331 e. The van der Waals surface area contributed by atoms with Gasteiger partial charge in [-0.2, -0.15) is 0 Å². The molecule has 0 spiro atoms. The Bertz CT molecular complexity index is 428. The van der Waals surface area contributed by atoms with Crippen LogP contribution in [0.15, 0.2) is 33.9 Å². The minimum absolute atomic E-state index is 0.218. The number of ether oxygens (including phenoxy) is 1. The Morgan fingerprint density at radius 2 is 2.16 bits per heavy atom. The Labute approximate surface area is 124 Å². The van der Waals surface area contributed by atoms with Crippen molar-refractivity contribution in [1.29, 1.82) is 0 Å². The van der Waals surface area contributed by atoms with E-state index >= 15 is 0 Å². The van der Waals surface area contributed by atoms with Gasteiger partial charge in [0.15, 0.2) is 0 Å². The number of allylic oxidation sites excluding steroid dienone is 5. The molecular formula is C16H23BrO2. The van der Waals surface area contributed by atoms with E-state index < -0.39 is 0 Å². The van der Waals surface area contributed by atoms with Gasteiger partial charge in [0.2, 0.25) is 0 Å². The molecule has 1 aliphatic rings. The third-order valence-corrected chi connectivity index (χ3v) is 3.99. The Morgan fingerprint density at radius 1 is 1.47 bits per heavy atom. The third-order valence-electron chi connectivity index (χ3n) is 3.49. The smallest absolute Gasteiger partial charge is 0.331 e. The van der Waals surface area contributed by atoms with Gasteiger partial charge in [-0.3, -0.25) is 0 Å². The van der Waals surface area contributed by atoms with Gasteiger partial charge >= 0.3 is 5.97 Å². The van der Waals surface area contributed by atoms with Crippen LogP contribution in [0.2, 0.25) is 0 Å². The van der Waals surface area contributed by atoms with Gasteiger partial charge in [0.1, 0.15) is 0 Å². The molecule has 3 heteroatoms. The zero-order valence-corrected chi connectivity index (χ0v) is 13.8. The van der Waals surface area contributed by atoms with Crippen LogP contribution in [-0.4, -0.2) is 12.6 Å². The van der Waals surface area contributed by atoms with Crippen LogP contribution < -0.4 is 0 Å². The van der Waals surface area contributed by atoms with Crippen LogP contribution in [0.4, 0.5) is 0 Å². The van der Waals surface area contributed by atoms with Crippen molar-refractivity contribution in [2.75, 3.05) is 6.61 Å². The van der Waals surface area contributed by atoms with E-state index in [4.69, 9.17) is 4.74 Å². The second-order valence-corrected chi connectivity index (χ2v) is 6.46. The molecular weight excluding hydrogens is 304 g/mol. The van der Waals surface area contributed by atoms with E-state index in [9.17, 15) is 4.79 Å². The summed E-state index contributed by atoms with van der Waals surface area (Å²) in [6.45, 7) is 8.95. The van der Waals surface area contributed by atoms with Gasteiger partial charge in [-0.25, -0.2) is 4.79 Å². The standard InChI is InChI=1S/C16H23BrO2/c1-5-19-15(18)11-13(17)8-9-14-12(2)7-6-10-16(14,3)4/h8-9,11H,5-7,10H2,1-4H3/b9-8+,13-11+. The van der Waals surface area contributed by atoms with Crippen molar-refractivity contribution in [3.8, 4) is 0 Å². The summed E-state index contributed by atoms with van der Waals surface area (Å²) >= 11 is 3.38. The van der Waals surface area contributed by atoms with Gasteiger partial charge in [0, 0.05) is 10.6 Å². The average Bonchev–Trinajstić information content (AvgIpc) is 2.27. The second kappa shape index (κ2) is 7.09. The molecule has 2 nitrogen and oxygen atoms in total. The molecule has 0 amide bonds. The first-order chi connectivity index (χ1) is 8.86. The maximum absolute atomic E-state index is 11.3. The van der Waals surface area contributed by atoms with Crippen molar-refractivity contribution in [1.82, 2.24) is 0 Å². The monoisotopic (exact) mass is 326 g/mol. The van der Waals surface area contributed by atoms with Gasteiger partial charge in [-0.15, -0.1) is 0 Å². The highest BCUT2D eigenvalue weighted by Crippen LogP contribution is 2.40. The fourth-order valence-corrected chi connectivity index (χ4v) is 2.84. The highest BCUT2D eigenvalue weighted by molar-refractivity contribution is 9.11. The molecule has 0 radical (unpaired) electrons. The van der Waals surface area contributed by atoms with Crippen LogP contribution in [0, 0.1) is 5.41 Å². The lowest BCUT2D eigenvalue weighted by atomic mass is 9.73. The predicted octanol–water partition coefficient (Wildman–Crippen LogP) is 4.91. The maximum atomic E-state index is 11.3. The minimum atomic E-state index is -0.312. The van der Waals surface area contributed by atoms with E-state index in [1.165, 1.54) is 36.5 Å². The summed E-state index contributed by atoms with van der Waals surface area (Å²) in [6.07, 6.45) is 9.16. The molecule has 106 valence electrons. The lowest BCUT2D eigenvalue weighted by Gasteiger charge is -2.32. The normalized spacial score (nSPS) is 19.9. The summed E-state index contributed by atoms with van der Waals surface area (Å²) in [5.74, 6) is -0.312. The molecule has 0 saturated carbocycles. The fraction of sp³-hybridized carbons (Fsp3) is 0.562. The van der Waals surface area contributed by atoms with Crippen LogP contribution >= 0.6 is 15.9 Å². The van der Waals surface area contributed by atoms with E-state index in [0.717, 1.165) is 4.48 Å². The molecule has 0 aromatic carbocycles. The molecule has 19 heavy (non-hydrogen) atoms. The highest BCUT2D eigenvalue weighted by Gasteiger charge is 2.26. The fourth-order valence-electron chi connectivity index (χ4n) is 2.52. The Hall–Kier alpha value is -0.830. The Morgan fingerprint density at radius 3 is 2.74 bits per heavy atom. The first kappa shape index (κ1) is 16.2. The first-order valence-electron chi connectivity index (χ1n) is 6.79. The molecule has 0 aromatic rings. The topological polar surface area (TPSA) is 26.3 Å². The van der Waals surface area contributed by atoms with Gasteiger partial charge in [0.05, 0.1) is 6.61 Å². The minimum Gasteiger partial charge on any atom is -0.463 e. The molecule has 1 rings (SSSR count). The van der Waals surface area contributed by atoms with Crippen molar-refractivity contribution in [2.24, 2.45) is 5.41 Å². The van der Waals surface area contributed by atoms with Gasteiger partial charge < -0.3 is 4.74 Å². The molecule has 0 heterocycles. The molecule has 0 unspecified atom stereocenters. The number of esters is 1. The quantitative estimate of drug-likeness (QED) is 0.416. The van der Waals surface area contributed by atoms with Crippen LogP contribution in [-0.2, 0) is 9.53 Å². The van der Waals surface area contributed by atoms with Gasteiger partial charge in [-0.1, -0.05) is 41.4 Å². The molecule has 0 aliphatic heterocycles. The Kier molecular flexibility index (Phi) is 6.05. The SMILES string of the molecule is CCOC(=O)/C=C(Br)\C=C\C1=C(C)CCCC1(C)C. The zero-order valence-electron chi connectivity index (χ0n) is 12.3. The molecule has 0 fully saturated rings. The molecule has 1 aliphatic carbocycles. The molecule has 0 bridgehead atoms. The lowest BCUT2D eigenvalue weighted by molar-refractivity contribution is -0.137. The van der Waals surface area contributed by atoms with Crippen LogP contribution in [0.25, 0.3) is 0 Å². The van der Waals surface area contributed by atoms with Crippen molar-refractivity contribution in [2.45, 2.75) is 47.0 Å². The summed E-state index contributed by atoms with van der Waals surface area (Å²) in [7, 11) is 0. The lowest BCUT2D eigenvalue weighted by Crippen LogP contribution is -2.19. The van der Waals surface area contributed by atoms with Crippen LogP contribution in [0.1, 0.15) is 47.0 Å². The summed E-state index contributed by atoms with van der Waals surface area (Å²) < 4.78 is 5.62. The Balaban J connectivity index is 2.83. The van der Waals surface area contributed by atoms with E-state index in [-0.39, 0.29) is 11.4 Å². The second-order valence-electron chi connectivity index (χ2n) is 5.55. The molecule has 0 atom stereocenters. The van der Waals surface area contributed by atoms with Crippen molar-refractivity contribution >= 4 is 21.9 Å². The molecule has 0 saturated heterocycles. The summed E-state index contributed by atoms with van der Waals surface area (Å²) in [5.41, 5.74) is 3.05. The molecule has 0 aromatic heterocycles. The summed E-state index contributed by atoms with van der Waals surface area (Å²) in [5, 5.41) is 0. The number of halogens is 1. The first-order valence-corrected chi connectivity index (χ1v) is 7.58. The summed E-state index contributed by atoms with van der Waals surface area (Å²) in [4.78, 5) is 11.3. The van der Waals surface area contributed by atoms with Crippen LogP contribution in [0.5, 0.6) is 0 Å². The van der Waals surface area contributed by atoms with Crippen molar-refractivity contribution in [3.63, 3.8) is 0 Å². The van der Waals surface area contributed by atoms with Crippen molar-refractivity contribution in [3.05, 3.63) is 33.9 Å².